The molecule has 7 nitrogen and oxygen atoms in total. The highest BCUT2D eigenvalue weighted by Gasteiger charge is 2.60. The van der Waals surface area contributed by atoms with Crippen molar-refractivity contribution in [3.8, 4) is 11.3 Å². The number of hydrogen-bond acceptors (Lipinski definition) is 4. The minimum atomic E-state index is -6.00. The Morgan fingerprint density at radius 3 is 2.27 bits per heavy atom. The first-order chi connectivity index (χ1) is 19.2. The monoisotopic (exact) mass is 632 g/mol. The lowest BCUT2D eigenvalue weighted by Gasteiger charge is -2.21. The second kappa shape index (κ2) is 10.5. The highest BCUT2D eigenvalue weighted by atomic mass is 35.5. The lowest BCUT2D eigenvalue weighted by Crippen LogP contribution is -2.36. The van der Waals surface area contributed by atoms with Crippen molar-refractivity contribution < 1.29 is 31.1 Å². The number of anilines is 1. The number of benzene rings is 2. The van der Waals surface area contributed by atoms with Crippen LogP contribution >= 0.6 is 34.8 Å². The van der Waals surface area contributed by atoms with Crippen LogP contribution in [0.3, 0.4) is 0 Å². The van der Waals surface area contributed by atoms with Crippen molar-refractivity contribution in [3.05, 3.63) is 98.6 Å². The number of nitrogens with one attached hydrogen (secondary N) is 1. The van der Waals surface area contributed by atoms with E-state index < -0.39 is 40.9 Å². The normalized spacial score (nSPS) is 12.2. The molecule has 0 unspecified atom stereocenters. The maximum Gasteiger partial charge on any atom is 0.459 e. The number of rotatable bonds is 6. The first-order valence-electron chi connectivity index (χ1n) is 11.3. The zero-order chi connectivity index (χ0) is 29.7. The molecule has 0 aliphatic heterocycles. The summed E-state index contributed by atoms with van der Waals surface area (Å²) in [5.74, 6) is -7.19. The highest BCUT2D eigenvalue weighted by molar-refractivity contribution is 6.35. The number of carbonyl (C=O) groups is 1. The fourth-order valence-electron chi connectivity index (χ4n) is 3.78. The van der Waals surface area contributed by atoms with Crippen LogP contribution in [-0.4, -0.2) is 36.5 Å². The van der Waals surface area contributed by atoms with Gasteiger partial charge in [-0.25, -0.2) is 13.9 Å². The molecule has 0 saturated heterocycles. The standard InChI is InChI=1S/C25H13Cl3F6N6O/c26-14-4-1-13(16(27)7-14)10-39-11-17(28)22(38-39)36-23(41)19-9-21-35-18(12-2-5-15(29)6-3-12)8-20(40(21)37-19)24(30,31)25(32,33)34/h1-9,11H,10H2,(H,36,38,41). The van der Waals surface area contributed by atoms with Gasteiger partial charge in [0.15, 0.2) is 17.2 Å². The summed E-state index contributed by atoms with van der Waals surface area (Å²) in [7, 11) is 0. The minimum absolute atomic E-state index is 0.00628. The molecule has 41 heavy (non-hydrogen) atoms. The molecule has 0 aliphatic carbocycles. The molecule has 212 valence electrons. The van der Waals surface area contributed by atoms with Crippen LogP contribution in [0.25, 0.3) is 16.9 Å². The van der Waals surface area contributed by atoms with Gasteiger partial charge in [0, 0.05) is 27.9 Å². The predicted molar refractivity (Wildman–Crippen MR) is 139 cm³/mol. The zero-order valence-electron chi connectivity index (χ0n) is 20.0. The fraction of sp³-hybridized carbons (Fsp3) is 0.120. The number of hydrogen-bond donors (Lipinski definition) is 1. The van der Waals surface area contributed by atoms with E-state index in [0.29, 0.717) is 21.7 Å². The van der Waals surface area contributed by atoms with E-state index >= 15 is 0 Å². The molecular weight excluding hydrogens is 621 g/mol. The Kier molecular flexibility index (Phi) is 7.38. The number of halogens is 9. The van der Waals surface area contributed by atoms with E-state index in [9.17, 15) is 31.1 Å². The quantitative estimate of drug-likeness (QED) is 0.195. The third-order valence-electron chi connectivity index (χ3n) is 5.77. The zero-order valence-corrected chi connectivity index (χ0v) is 22.3. The molecule has 1 N–H and O–H groups in total. The lowest BCUT2D eigenvalue weighted by atomic mass is 10.1. The summed E-state index contributed by atoms with van der Waals surface area (Å²) in [6, 6.07) is 10.5. The van der Waals surface area contributed by atoms with Crippen molar-refractivity contribution in [1.29, 1.82) is 0 Å². The Labute approximate surface area is 241 Å². The maximum atomic E-state index is 14.6. The Morgan fingerprint density at radius 1 is 0.902 bits per heavy atom. The van der Waals surface area contributed by atoms with Gasteiger partial charge in [-0.1, -0.05) is 40.9 Å². The van der Waals surface area contributed by atoms with Gasteiger partial charge in [-0.05, 0) is 48.0 Å². The summed E-state index contributed by atoms with van der Waals surface area (Å²) in [6.45, 7) is 0.145. The van der Waals surface area contributed by atoms with E-state index in [4.69, 9.17) is 34.8 Å². The molecule has 5 aromatic rings. The molecule has 0 saturated carbocycles. The molecule has 1 amide bonds. The smallest absolute Gasteiger partial charge is 0.302 e. The van der Waals surface area contributed by atoms with Crippen LogP contribution in [-0.2, 0) is 12.5 Å². The third kappa shape index (κ3) is 5.69. The number of nitrogens with zero attached hydrogens (tertiary/aromatic N) is 5. The second-order valence-corrected chi connectivity index (χ2v) is 9.87. The molecule has 3 heterocycles. The van der Waals surface area contributed by atoms with Gasteiger partial charge < -0.3 is 5.32 Å². The van der Waals surface area contributed by atoms with Gasteiger partial charge in [0.25, 0.3) is 5.91 Å². The average molecular weight is 634 g/mol. The van der Waals surface area contributed by atoms with E-state index in [-0.39, 0.29) is 33.2 Å². The average Bonchev–Trinajstić information content (AvgIpc) is 3.48. The van der Waals surface area contributed by atoms with Crippen molar-refractivity contribution >= 4 is 52.2 Å². The van der Waals surface area contributed by atoms with Crippen LogP contribution < -0.4 is 5.32 Å². The van der Waals surface area contributed by atoms with Crippen molar-refractivity contribution in [3.63, 3.8) is 0 Å². The van der Waals surface area contributed by atoms with Gasteiger partial charge in [-0.2, -0.15) is 32.1 Å². The second-order valence-electron chi connectivity index (χ2n) is 8.62. The lowest BCUT2D eigenvalue weighted by molar-refractivity contribution is -0.291. The van der Waals surface area contributed by atoms with Gasteiger partial charge >= 0.3 is 12.1 Å². The molecule has 0 bridgehead atoms. The van der Waals surface area contributed by atoms with Gasteiger partial charge in [-0.3, -0.25) is 9.48 Å². The van der Waals surface area contributed by atoms with Gasteiger partial charge in [-0.15, -0.1) is 0 Å². The predicted octanol–water partition coefficient (Wildman–Crippen LogP) is 7.65. The number of fused-ring (bicyclic) bond motifs is 1. The van der Waals surface area contributed by atoms with E-state index in [2.05, 4.69) is 20.5 Å². The van der Waals surface area contributed by atoms with Gasteiger partial charge in [0.1, 0.15) is 16.5 Å². The van der Waals surface area contributed by atoms with E-state index in [1.807, 2.05) is 0 Å². The number of alkyl halides is 5. The first kappa shape index (κ1) is 28.7. The maximum absolute atomic E-state index is 14.6. The summed E-state index contributed by atoms with van der Waals surface area (Å²) in [6.07, 6.45) is -4.62. The van der Waals surface area contributed by atoms with Crippen molar-refractivity contribution in [2.24, 2.45) is 0 Å². The minimum Gasteiger partial charge on any atom is -0.302 e. The summed E-state index contributed by atoms with van der Waals surface area (Å²) in [5.41, 5.74) is -2.29. The Bertz CT molecular complexity index is 1790. The van der Waals surface area contributed by atoms with Crippen molar-refractivity contribution in [2.45, 2.75) is 18.6 Å². The number of aromatic nitrogens is 5. The van der Waals surface area contributed by atoms with Crippen LogP contribution in [0.15, 0.2) is 60.8 Å². The number of carbonyl (C=O) groups excluding carboxylic acids is 1. The Balaban J connectivity index is 1.49. The van der Waals surface area contributed by atoms with Crippen LogP contribution in [0.1, 0.15) is 21.7 Å². The van der Waals surface area contributed by atoms with Gasteiger partial charge in [0.05, 0.1) is 12.2 Å². The third-order valence-corrected chi connectivity index (χ3v) is 6.64. The number of amides is 1. The van der Waals surface area contributed by atoms with Crippen LogP contribution in [0.2, 0.25) is 15.1 Å². The van der Waals surface area contributed by atoms with Crippen LogP contribution in [0.5, 0.6) is 0 Å². The summed E-state index contributed by atoms with van der Waals surface area (Å²) < 4.78 is 84.1. The molecule has 0 fully saturated rings. The van der Waals surface area contributed by atoms with Gasteiger partial charge in [0.2, 0.25) is 0 Å². The molecule has 2 aromatic carbocycles. The molecule has 0 atom stereocenters. The SMILES string of the molecule is O=C(Nc1nn(Cc2ccc(Cl)cc2Cl)cc1Cl)c1cc2nc(-c3ccc(F)cc3)cc(C(F)(F)C(F)(F)F)n2n1. The van der Waals surface area contributed by atoms with Crippen LogP contribution in [0.4, 0.5) is 32.2 Å². The summed E-state index contributed by atoms with van der Waals surface area (Å²) in [4.78, 5) is 17.0. The largest absolute Gasteiger partial charge is 0.459 e. The first-order valence-corrected chi connectivity index (χ1v) is 12.5. The van der Waals surface area contributed by atoms with E-state index in [1.54, 1.807) is 12.1 Å². The summed E-state index contributed by atoms with van der Waals surface area (Å²) >= 11 is 18.3. The Hall–Kier alpha value is -3.81. The molecule has 16 heteroatoms. The Morgan fingerprint density at radius 2 is 1.61 bits per heavy atom. The molecule has 5 rings (SSSR count). The molecular formula is C25H13Cl3F6N6O. The van der Waals surface area contributed by atoms with E-state index in [1.165, 1.54) is 16.9 Å². The fourth-order valence-corrected chi connectivity index (χ4v) is 4.45. The molecule has 0 spiro atoms. The van der Waals surface area contributed by atoms with E-state index in [0.717, 1.165) is 30.3 Å². The van der Waals surface area contributed by atoms with Crippen LogP contribution in [0, 0.1) is 5.82 Å². The summed E-state index contributed by atoms with van der Waals surface area (Å²) in [5, 5.41) is 10.9. The van der Waals surface area contributed by atoms with Crippen molar-refractivity contribution in [1.82, 2.24) is 24.4 Å². The highest BCUT2D eigenvalue weighted by Crippen LogP contribution is 2.44. The molecule has 3 aromatic heterocycles. The van der Waals surface area contributed by atoms with Crippen molar-refractivity contribution in [2.75, 3.05) is 5.32 Å². The molecule has 0 radical (unpaired) electrons. The molecule has 0 aliphatic rings. The topological polar surface area (TPSA) is 77.1 Å².